The lowest BCUT2D eigenvalue weighted by Gasteiger charge is -2.14. The van der Waals surface area contributed by atoms with Crippen molar-refractivity contribution < 1.29 is 18.7 Å². The van der Waals surface area contributed by atoms with Crippen LogP contribution in [0.15, 0.2) is 18.2 Å². The number of carboxylic acids is 1. The molecule has 3 nitrogen and oxygen atoms in total. The van der Waals surface area contributed by atoms with Crippen LogP contribution in [0.1, 0.15) is 24.4 Å². The van der Waals surface area contributed by atoms with Crippen LogP contribution in [0.25, 0.3) is 0 Å². The fraction of sp³-hybridized carbons (Fsp3) is 0.417. The predicted molar refractivity (Wildman–Crippen MR) is 57.5 cm³/mol. The third kappa shape index (κ3) is 3.23. The molecule has 2 N–H and O–H groups in total. The van der Waals surface area contributed by atoms with Crippen molar-refractivity contribution in [2.45, 2.75) is 18.9 Å². The summed E-state index contributed by atoms with van der Waals surface area (Å²) >= 11 is 0. The summed E-state index contributed by atoms with van der Waals surface area (Å²) in [5.74, 6) is -2.16. The van der Waals surface area contributed by atoms with Gasteiger partial charge in [-0.2, -0.15) is 0 Å². The first-order valence-corrected chi connectivity index (χ1v) is 5.48. The third-order valence-corrected chi connectivity index (χ3v) is 2.77. The van der Waals surface area contributed by atoms with Crippen LogP contribution in [0.2, 0.25) is 0 Å². The van der Waals surface area contributed by atoms with E-state index in [0.29, 0.717) is 12.5 Å². The van der Waals surface area contributed by atoms with E-state index in [1.165, 1.54) is 0 Å². The number of hydrogen-bond donors (Lipinski definition) is 2. The van der Waals surface area contributed by atoms with E-state index in [9.17, 15) is 13.6 Å². The van der Waals surface area contributed by atoms with E-state index in [2.05, 4.69) is 5.32 Å². The van der Waals surface area contributed by atoms with Gasteiger partial charge in [-0.1, -0.05) is 0 Å². The number of benzene rings is 1. The summed E-state index contributed by atoms with van der Waals surface area (Å²) in [4.78, 5) is 11.0. The highest BCUT2D eigenvalue weighted by molar-refractivity contribution is 5.75. The van der Waals surface area contributed by atoms with E-state index in [0.717, 1.165) is 31.0 Å². The van der Waals surface area contributed by atoms with Gasteiger partial charge in [0.05, 0.1) is 0 Å². The molecule has 92 valence electrons. The van der Waals surface area contributed by atoms with Crippen LogP contribution in [0, 0.1) is 17.6 Å². The third-order valence-electron chi connectivity index (χ3n) is 2.77. The highest BCUT2D eigenvalue weighted by Gasteiger charge is 2.26. The van der Waals surface area contributed by atoms with Crippen LogP contribution in [-0.4, -0.2) is 17.6 Å². The van der Waals surface area contributed by atoms with E-state index in [-0.39, 0.29) is 5.56 Å². The molecule has 17 heavy (non-hydrogen) atoms. The number of nitrogens with one attached hydrogen (secondary N) is 1. The Bertz CT molecular complexity index is 412. The van der Waals surface area contributed by atoms with Crippen LogP contribution in [0.5, 0.6) is 0 Å². The monoisotopic (exact) mass is 241 g/mol. The molecular weight excluding hydrogens is 228 g/mol. The maximum atomic E-state index is 13.0. The second kappa shape index (κ2) is 4.79. The molecule has 0 aliphatic heterocycles. The van der Waals surface area contributed by atoms with E-state index in [1.807, 2.05) is 0 Å². The standard InChI is InChI=1S/C12H13F2NO2/c13-9-3-8(4-10(14)5-9)11(12(16)17)15-6-7-1-2-7/h3-5,7,11,15H,1-2,6H2,(H,16,17). The van der Waals surface area contributed by atoms with Gasteiger partial charge in [-0.25, -0.2) is 8.78 Å². The first-order valence-electron chi connectivity index (χ1n) is 5.48. The Morgan fingerprint density at radius 3 is 2.41 bits per heavy atom. The molecule has 1 aliphatic rings. The fourth-order valence-corrected chi connectivity index (χ4v) is 1.70. The molecule has 5 heteroatoms. The first kappa shape index (κ1) is 12.0. The van der Waals surface area contributed by atoms with Crippen LogP contribution in [0.3, 0.4) is 0 Å². The molecule has 0 heterocycles. The Morgan fingerprint density at radius 2 is 1.94 bits per heavy atom. The maximum Gasteiger partial charge on any atom is 0.325 e. The number of carboxylic acid groups (broad SMARTS) is 1. The SMILES string of the molecule is O=C(O)C(NCC1CC1)c1cc(F)cc(F)c1. The van der Waals surface area contributed by atoms with Crippen molar-refractivity contribution in [2.24, 2.45) is 5.92 Å². The second-order valence-electron chi connectivity index (χ2n) is 4.33. The van der Waals surface area contributed by atoms with E-state index in [1.54, 1.807) is 0 Å². The van der Waals surface area contributed by atoms with Gasteiger partial charge < -0.3 is 10.4 Å². The van der Waals surface area contributed by atoms with Gasteiger partial charge in [0, 0.05) is 6.07 Å². The molecule has 1 aromatic carbocycles. The number of halogens is 2. The van der Waals surface area contributed by atoms with Crippen molar-refractivity contribution >= 4 is 5.97 Å². The molecule has 0 saturated heterocycles. The predicted octanol–water partition coefficient (Wildman–Crippen LogP) is 2.09. The Kier molecular flexibility index (Phi) is 3.38. The van der Waals surface area contributed by atoms with Crippen LogP contribution in [-0.2, 0) is 4.79 Å². The molecule has 1 fully saturated rings. The zero-order valence-electron chi connectivity index (χ0n) is 9.12. The highest BCUT2D eigenvalue weighted by Crippen LogP contribution is 2.28. The second-order valence-corrected chi connectivity index (χ2v) is 4.33. The van der Waals surface area contributed by atoms with Crippen molar-refractivity contribution in [1.82, 2.24) is 5.32 Å². The average Bonchev–Trinajstić information content (AvgIpc) is 2.99. The summed E-state index contributed by atoms with van der Waals surface area (Å²) in [7, 11) is 0. The minimum absolute atomic E-state index is 0.107. The van der Waals surface area contributed by atoms with Gasteiger partial charge in [0.1, 0.15) is 17.7 Å². The lowest BCUT2D eigenvalue weighted by molar-refractivity contribution is -0.139. The van der Waals surface area contributed by atoms with Crippen molar-refractivity contribution in [2.75, 3.05) is 6.54 Å². The van der Waals surface area contributed by atoms with Gasteiger partial charge in [-0.05, 0) is 43.0 Å². The van der Waals surface area contributed by atoms with Gasteiger partial charge in [0.2, 0.25) is 0 Å². The fourth-order valence-electron chi connectivity index (χ4n) is 1.70. The quantitative estimate of drug-likeness (QED) is 0.829. The molecule has 0 spiro atoms. The zero-order chi connectivity index (χ0) is 12.4. The summed E-state index contributed by atoms with van der Waals surface area (Å²) in [5.41, 5.74) is 0.107. The van der Waals surface area contributed by atoms with Gasteiger partial charge in [-0.3, -0.25) is 4.79 Å². The van der Waals surface area contributed by atoms with Crippen LogP contribution < -0.4 is 5.32 Å². The van der Waals surface area contributed by atoms with E-state index < -0.39 is 23.6 Å². The lowest BCUT2D eigenvalue weighted by Crippen LogP contribution is -2.30. The van der Waals surface area contributed by atoms with Crippen molar-refractivity contribution in [3.63, 3.8) is 0 Å². The maximum absolute atomic E-state index is 13.0. The Balaban J connectivity index is 2.14. The molecule has 1 saturated carbocycles. The normalized spacial score (nSPS) is 16.8. The number of aliphatic carboxylic acids is 1. The lowest BCUT2D eigenvalue weighted by atomic mass is 10.1. The van der Waals surface area contributed by atoms with E-state index >= 15 is 0 Å². The number of rotatable bonds is 5. The average molecular weight is 241 g/mol. The summed E-state index contributed by atoms with van der Waals surface area (Å²) in [6, 6.07) is 1.76. The number of hydrogen-bond acceptors (Lipinski definition) is 2. The first-order chi connectivity index (χ1) is 8.06. The van der Waals surface area contributed by atoms with Crippen molar-refractivity contribution in [3.8, 4) is 0 Å². The molecule has 0 radical (unpaired) electrons. The topological polar surface area (TPSA) is 49.3 Å². The highest BCUT2D eigenvalue weighted by atomic mass is 19.1. The van der Waals surface area contributed by atoms with Gasteiger partial charge in [0.15, 0.2) is 0 Å². The summed E-state index contributed by atoms with van der Waals surface area (Å²) in [6.45, 7) is 0.565. The van der Waals surface area contributed by atoms with Crippen LogP contribution >= 0.6 is 0 Å². The summed E-state index contributed by atoms with van der Waals surface area (Å²) < 4.78 is 26.0. The van der Waals surface area contributed by atoms with Crippen molar-refractivity contribution in [1.29, 1.82) is 0 Å². The minimum atomic E-state index is -1.13. The Labute approximate surface area is 97.5 Å². The van der Waals surface area contributed by atoms with Crippen molar-refractivity contribution in [3.05, 3.63) is 35.4 Å². The molecule has 0 aromatic heterocycles. The van der Waals surface area contributed by atoms with Gasteiger partial charge >= 0.3 is 5.97 Å². The smallest absolute Gasteiger partial charge is 0.325 e. The molecule has 1 aliphatic carbocycles. The van der Waals surface area contributed by atoms with Crippen LogP contribution in [0.4, 0.5) is 8.78 Å². The Hall–Kier alpha value is -1.49. The van der Waals surface area contributed by atoms with E-state index in [4.69, 9.17) is 5.11 Å². The summed E-state index contributed by atoms with van der Waals surface area (Å²) in [5, 5.41) is 11.9. The molecule has 0 bridgehead atoms. The molecule has 1 atom stereocenters. The zero-order valence-corrected chi connectivity index (χ0v) is 9.12. The molecule has 0 amide bonds. The summed E-state index contributed by atoms with van der Waals surface area (Å²) in [6.07, 6.45) is 2.16. The number of carbonyl (C=O) groups is 1. The Morgan fingerprint density at radius 1 is 1.35 bits per heavy atom. The van der Waals surface area contributed by atoms with Gasteiger partial charge in [-0.15, -0.1) is 0 Å². The molecule has 2 rings (SSSR count). The molecule has 1 aromatic rings. The largest absolute Gasteiger partial charge is 0.480 e. The molecule has 1 unspecified atom stereocenters. The van der Waals surface area contributed by atoms with Gasteiger partial charge in [0.25, 0.3) is 0 Å². The molecular formula is C12H13F2NO2. The minimum Gasteiger partial charge on any atom is -0.480 e.